The first-order valence-corrected chi connectivity index (χ1v) is 6.02. The fraction of sp³-hybridized carbons (Fsp3) is 0.667. The molecule has 0 aromatic carbocycles. The van der Waals surface area contributed by atoms with Gasteiger partial charge in [-0.3, -0.25) is 0 Å². The van der Waals surface area contributed by atoms with Crippen molar-refractivity contribution >= 4 is 11.6 Å². The Morgan fingerprint density at radius 1 is 1.35 bits per heavy atom. The minimum Gasteiger partial charge on any atom is -0.383 e. The second-order valence-corrected chi connectivity index (χ2v) is 3.82. The van der Waals surface area contributed by atoms with E-state index in [-0.39, 0.29) is 0 Å². The van der Waals surface area contributed by atoms with Crippen molar-refractivity contribution < 1.29 is 4.74 Å². The van der Waals surface area contributed by atoms with Gasteiger partial charge in [0.25, 0.3) is 0 Å². The molecule has 0 spiro atoms. The SMILES string of the molecule is CCNc1ncnc(N(C)CCOC)c1CC. The fourth-order valence-electron chi connectivity index (χ4n) is 1.71. The Labute approximate surface area is 103 Å². The molecular formula is C12H22N4O. The van der Waals surface area contributed by atoms with Crippen molar-refractivity contribution in [1.82, 2.24) is 9.97 Å². The highest BCUT2D eigenvalue weighted by atomic mass is 16.5. The van der Waals surface area contributed by atoms with Crippen LogP contribution in [-0.2, 0) is 11.2 Å². The molecule has 0 aliphatic rings. The average Bonchev–Trinajstić information content (AvgIpc) is 2.36. The van der Waals surface area contributed by atoms with Gasteiger partial charge >= 0.3 is 0 Å². The highest BCUT2D eigenvalue weighted by Crippen LogP contribution is 2.22. The van der Waals surface area contributed by atoms with Crippen LogP contribution < -0.4 is 10.2 Å². The molecular weight excluding hydrogens is 216 g/mol. The minimum absolute atomic E-state index is 0.695. The number of aromatic nitrogens is 2. The van der Waals surface area contributed by atoms with Gasteiger partial charge in [0.15, 0.2) is 0 Å². The number of likely N-dealkylation sites (N-methyl/N-ethyl adjacent to an activating group) is 1. The number of ether oxygens (including phenoxy) is 1. The molecule has 0 aliphatic heterocycles. The van der Waals surface area contributed by atoms with E-state index in [1.54, 1.807) is 13.4 Å². The molecule has 5 nitrogen and oxygen atoms in total. The Bertz CT molecular complexity index is 343. The van der Waals surface area contributed by atoms with Crippen molar-refractivity contribution in [1.29, 1.82) is 0 Å². The Morgan fingerprint density at radius 3 is 2.71 bits per heavy atom. The minimum atomic E-state index is 0.695. The summed E-state index contributed by atoms with van der Waals surface area (Å²) in [5.41, 5.74) is 1.16. The van der Waals surface area contributed by atoms with E-state index in [0.29, 0.717) is 6.61 Å². The molecule has 0 fully saturated rings. The van der Waals surface area contributed by atoms with Crippen LogP contribution >= 0.6 is 0 Å². The summed E-state index contributed by atoms with van der Waals surface area (Å²) in [6.07, 6.45) is 2.52. The molecule has 0 bridgehead atoms. The Morgan fingerprint density at radius 2 is 2.12 bits per heavy atom. The maximum Gasteiger partial charge on any atom is 0.137 e. The summed E-state index contributed by atoms with van der Waals surface area (Å²) in [7, 11) is 3.73. The largest absolute Gasteiger partial charge is 0.383 e. The first-order chi connectivity index (χ1) is 8.24. The Hall–Kier alpha value is -1.36. The number of anilines is 2. The third kappa shape index (κ3) is 3.56. The quantitative estimate of drug-likeness (QED) is 0.781. The van der Waals surface area contributed by atoms with Crippen LogP contribution in [0.15, 0.2) is 6.33 Å². The van der Waals surface area contributed by atoms with E-state index in [9.17, 15) is 0 Å². The second kappa shape index (κ2) is 7.06. The van der Waals surface area contributed by atoms with E-state index >= 15 is 0 Å². The predicted octanol–water partition coefficient (Wildman–Crippen LogP) is 1.55. The molecule has 1 aromatic heterocycles. The van der Waals surface area contributed by atoms with E-state index < -0.39 is 0 Å². The number of hydrogen-bond acceptors (Lipinski definition) is 5. The maximum absolute atomic E-state index is 5.08. The smallest absolute Gasteiger partial charge is 0.137 e. The van der Waals surface area contributed by atoms with Gasteiger partial charge in [-0.1, -0.05) is 6.92 Å². The molecule has 0 saturated carbocycles. The molecule has 0 aliphatic carbocycles. The summed E-state index contributed by atoms with van der Waals surface area (Å²) in [6, 6.07) is 0. The van der Waals surface area contributed by atoms with Crippen LogP contribution in [0.4, 0.5) is 11.6 Å². The molecule has 17 heavy (non-hydrogen) atoms. The first-order valence-electron chi connectivity index (χ1n) is 6.02. The van der Waals surface area contributed by atoms with Crippen LogP contribution in [0, 0.1) is 0 Å². The van der Waals surface area contributed by atoms with Gasteiger partial charge in [-0.2, -0.15) is 0 Å². The van der Waals surface area contributed by atoms with Gasteiger partial charge in [-0.25, -0.2) is 9.97 Å². The van der Waals surface area contributed by atoms with Gasteiger partial charge in [0.2, 0.25) is 0 Å². The van der Waals surface area contributed by atoms with Gasteiger partial charge in [-0.05, 0) is 13.3 Å². The van der Waals surface area contributed by atoms with Crippen LogP contribution in [0.1, 0.15) is 19.4 Å². The van der Waals surface area contributed by atoms with Crippen molar-refractivity contribution in [2.24, 2.45) is 0 Å². The summed E-state index contributed by atoms with van der Waals surface area (Å²) in [4.78, 5) is 10.7. The summed E-state index contributed by atoms with van der Waals surface area (Å²) in [5, 5.41) is 3.27. The third-order valence-electron chi connectivity index (χ3n) is 2.61. The van der Waals surface area contributed by atoms with Gasteiger partial charge in [0, 0.05) is 32.8 Å². The summed E-state index contributed by atoms with van der Waals surface area (Å²) >= 11 is 0. The van der Waals surface area contributed by atoms with Crippen LogP contribution in [0.3, 0.4) is 0 Å². The normalized spacial score (nSPS) is 10.4. The maximum atomic E-state index is 5.08. The molecule has 0 radical (unpaired) electrons. The van der Waals surface area contributed by atoms with E-state index in [1.165, 1.54) is 0 Å². The third-order valence-corrected chi connectivity index (χ3v) is 2.61. The number of nitrogens with one attached hydrogen (secondary N) is 1. The summed E-state index contributed by atoms with van der Waals surface area (Å²) in [5.74, 6) is 1.92. The van der Waals surface area contributed by atoms with Gasteiger partial charge < -0.3 is 15.0 Å². The monoisotopic (exact) mass is 238 g/mol. The Balaban J connectivity index is 2.93. The van der Waals surface area contributed by atoms with Gasteiger partial charge in [0.1, 0.15) is 18.0 Å². The lowest BCUT2D eigenvalue weighted by atomic mass is 10.2. The predicted molar refractivity (Wildman–Crippen MR) is 70.7 cm³/mol. The Kier molecular flexibility index (Phi) is 5.69. The fourth-order valence-corrected chi connectivity index (χ4v) is 1.71. The molecule has 96 valence electrons. The molecule has 1 heterocycles. The molecule has 1 aromatic rings. The summed E-state index contributed by atoms with van der Waals surface area (Å²) in [6.45, 7) is 6.57. The van der Waals surface area contributed by atoms with Crippen molar-refractivity contribution in [3.63, 3.8) is 0 Å². The lowest BCUT2D eigenvalue weighted by Crippen LogP contribution is -2.25. The van der Waals surface area contributed by atoms with Crippen LogP contribution in [0.25, 0.3) is 0 Å². The highest BCUT2D eigenvalue weighted by Gasteiger charge is 2.12. The molecule has 0 amide bonds. The highest BCUT2D eigenvalue weighted by molar-refractivity contribution is 5.58. The standard InChI is InChI=1S/C12H22N4O/c1-5-10-11(13-6-2)14-9-15-12(10)16(3)7-8-17-4/h9H,5-8H2,1-4H3,(H,13,14,15). The number of rotatable bonds is 7. The number of hydrogen-bond donors (Lipinski definition) is 1. The zero-order chi connectivity index (χ0) is 12.7. The number of nitrogens with zero attached hydrogens (tertiary/aromatic N) is 3. The van der Waals surface area contributed by atoms with E-state index in [0.717, 1.165) is 36.7 Å². The molecule has 1 N–H and O–H groups in total. The lowest BCUT2D eigenvalue weighted by molar-refractivity contribution is 0.206. The van der Waals surface area contributed by atoms with Crippen molar-refractivity contribution in [2.45, 2.75) is 20.3 Å². The lowest BCUT2D eigenvalue weighted by Gasteiger charge is -2.21. The summed E-state index contributed by atoms with van der Waals surface area (Å²) < 4.78 is 5.08. The number of methoxy groups -OCH3 is 1. The molecule has 5 heteroatoms. The average molecular weight is 238 g/mol. The topological polar surface area (TPSA) is 50.3 Å². The van der Waals surface area contributed by atoms with Crippen molar-refractivity contribution in [2.75, 3.05) is 44.1 Å². The van der Waals surface area contributed by atoms with E-state index in [2.05, 4.69) is 34.0 Å². The zero-order valence-corrected chi connectivity index (χ0v) is 11.2. The van der Waals surface area contributed by atoms with Gasteiger partial charge in [-0.15, -0.1) is 0 Å². The molecule has 0 atom stereocenters. The van der Waals surface area contributed by atoms with Gasteiger partial charge in [0.05, 0.1) is 6.61 Å². The molecule has 0 saturated heterocycles. The van der Waals surface area contributed by atoms with Crippen LogP contribution in [-0.4, -0.2) is 43.8 Å². The van der Waals surface area contributed by atoms with E-state index in [1.807, 2.05) is 7.05 Å². The van der Waals surface area contributed by atoms with Crippen LogP contribution in [0.5, 0.6) is 0 Å². The first kappa shape index (κ1) is 13.7. The van der Waals surface area contributed by atoms with E-state index in [4.69, 9.17) is 4.74 Å². The second-order valence-electron chi connectivity index (χ2n) is 3.82. The molecule has 1 rings (SSSR count). The molecule has 0 unspecified atom stereocenters. The van der Waals surface area contributed by atoms with Crippen LogP contribution in [0.2, 0.25) is 0 Å². The van der Waals surface area contributed by atoms with Crippen molar-refractivity contribution in [3.05, 3.63) is 11.9 Å². The zero-order valence-electron chi connectivity index (χ0n) is 11.2. The van der Waals surface area contributed by atoms with Crippen molar-refractivity contribution in [3.8, 4) is 0 Å².